The highest BCUT2D eigenvalue weighted by Gasteiger charge is 2.08. The predicted molar refractivity (Wildman–Crippen MR) is 89.4 cm³/mol. The van der Waals surface area contributed by atoms with E-state index in [2.05, 4.69) is 17.6 Å². The standard InChI is InChI=1S/C18H19N3O2/c1-14(15-6-3-2-4-7-15)13-20-18(22)21-16-8-5-9-17(12-16)23-11-10-19/h2-9,12,14H,11,13H2,1H3,(H2,20,21,22). The van der Waals surface area contributed by atoms with Crippen LogP contribution in [-0.4, -0.2) is 19.2 Å². The van der Waals surface area contributed by atoms with Crippen molar-refractivity contribution >= 4 is 11.7 Å². The highest BCUT2D eigenvalue weighted by Crippen LogP contribution is 2.17. The van der Waals surface area contributed by atoms with Crippen molar-refractivity contribution in [3.8, 4) is 11.8 Å². The number of carbonyl (C=O) groups is 1. The van der Waals surface area contributed by atoms with Gasteiger partial charge in [-0.3, -0.25) is 0 Å². The number of rotatable bonds is 6. The fraction of sp³-hybridized carbons (Fsp3) is 0.222. The first-order valence-electron chi connectivity index (χ1n) is 7.38. The lowest BCUT2D eigenvalue weighted by Gasteiger charge is -2.14. The number of anilines is 1. The molecule has 0 aliphatic heterocycles. The number of hydrogen-bond acceptors (Lipinski definition) is 3. The van der Waals surface area contributed by atoms with E-state index in [9.17, 15) is 4.79 Å². The van der Waals surface area contributed by atoms with Gasteiger partial charge in [0.05, 0.1) is 0 Å². The molecule has 0 spiro atoms. The van der Waals surface area contributed by atoms with E-state index < -0.39 is 0 Å². The van der Waals surface area contributed by atoms with Crippen LogP contribution in [0.4, 0.5) is 10.5 Å². The lowest BCUT2D eigenvalue weighted by Crippen LogP contribution is -2.31. The van der Waals surface area contributed by atoms with Crippen molar-refractivity contribution in [1.82, 2.24) is 5.32 Å². The van der Waals surface area contributed by atoms with Gasteiger partial charge in [0, 0.05) is 18.3 Å². The van der Waals surface area contributed by atoms with Gasteiger partial charge in [-0.25, -0.2) is 4.79 Å². The van der Waals surface area contributed by atoms with Crippen LogP contribution in [0.2, 0.25) is 0 Å². The van der Waals surface area contributed by atoms with Gasteiger partial charge in [0.2, 0.25) is 0 Å². The third-order valence-electron chi connectivity index (χ3n) is 3.33. The molecule has 0 aliphatic carbocycles. The summed E-state index contributed by atoms with van der Waals surface area (Å²) in [6.45, 7) is 2.58. The minimum absolute atomic E-state index is 0.0236. The maximum Gasteiger partial charge on any atom is 0.319 e. The summed E-state index contributed by atoms with van der Waals surface area (Å²) in [7, 11) is 0. The van der Waals surface area contributed by atoms with Crippen molar-refractivity contribution in [2.75, 3.05) is 18.5 Å². The van der Waals surface area contributed by atoms with Gasteiger partial charge in [-0.15, -0.1) is 0 Å². The maximum absolute atomic E-state index is 12.0. The second kappa shape index (κ2) is 8.44. The Morgan fingerprint density at radius 1 is 1.22 bits per heavy atom. The van der Waals surface area contributed by atoms with E-state index in [-0.39, 0.29) is 18.6 Å². The number of amides is 2. The molecule has 23 heavy (non-hydrogen) atoms. The maximum atomic E-state index is 12.0. The Labute approximate surface area is 135 Å². The summed E-state index contributed by atoms with van der Waals surface area (Å²) in [5.74, 6) is 0.772. The normalized spacial score (nSPS) is 11.1. The van der Waals surface area contributed by atoms with E-state index in [4.69, 9.17) is 10.00 Å². The molecule has 0 bridgehead atoms. The second-order valence-corrected chi connectivity index (χ2v) is 5.12. The van der Waals surface area contributed by atoms with Crippen molar-refractivity contribution in [2.45, 2.75) is 12.8 Å². The fourth-order valence-electron chi connectivity index (χ4n) is 2.10. The van der Waals surface area contributed by atoms with Crippen LogP contribution in [0.5, 0.6) is 5.75 Å². The van der Waals surface area contributed by atoms with Gasteiger partial charge in [-0.2, -0.15) is 5.26 Å². The van der Waals surface area contributed by atoms with Crippen molar-refractivity contribution < 1.29 is 9.53 Å². The zero-order chi connectivity index (χ0) is 16.5. The van der Waals surface area contributed by atoms with Crippen LogP contribution in [-0.2, 0) is 0 Å². The second-order valence-electron chi connectivity index (χ2n) is 5.12. The molecule has 5 heteroatoms. The molecule has 118 valence electrons. The van der Waals surface area contributed by atoms with Crippen LogP contribution >= 0.6 is 0 Å². The van der Waals surface area contributed by atoms with Gasteiger partial charge >= 0.3 is 6.03 Å². The average Bonchev–Trinajstić information content (AvgIpc) is 2.59. The molecule has 2 aromatic carbocycles. The van der Waals surface area contributed by atoms with E-state index in [0.717, 1.165) is 0 Å². The monoisotopic (exact) mass is 309 g/mol. The number of urea groups is 1. The summed E-state index contributed by atoms with van der Waals surface area (Å²) in [6, 6.07) is 18.6. The Bertz CT molecular complexity index is 680. The summed E-state index contributed by atoms with van der Waals surface area (Å²) >= 11 is 0. The summed E-state index contributed by atoms with van der Waals surface area (Å²) in [6.07, 6.45) is 0. The van der Waals surface area contributed by atoms with Crippen LogP contribution in [0.1, 0.15) is 18.4 Å². The highest BCUT2D eigenvalue weighted by molar-refractivity contribution is 5.89. The number of nitrogens with one attached hydrogen (secondary N) is 2. The van der Waals surface area contributed by atoms with Gasteiger partial charge in [-0.05, 0) is 23.6 Å². The molecule has 0 radical (unpaired) electrons. The third kappa shape index (κ3) is 5.36. The lowest BCUT2D eigenvalue weighted by molar-refractivity contribution is 0.251. The number of nitrogens with zero attached hydrogens (tertiary/aromatic N) is 1. The van der Waals surface area contributed by atoms with E-state index in [1.165, 1.54) is 5.56 Å². The molecule has 0 saturated carbocycles. The first-order chi connectivity index (χ1) is 11.2. The molecule has 2 N–H and O–H groups in total. The van der Waals surface area contributed by atoms with E-state index in [1.54, 1.807) is 24.3 Å². The highest BCUT2D eigenvalue weighted by atomic mass is 16.5. The fourth-order valence-corrected chi connectivity index (χ4v) is 2.10. The topological polar surface area (TPSA) is 74.2 Å². The molecule has 5 nitrogen and oxygen atoms in total. The number of carbonyl (C=O) groups excluding carboxylic acids is 1. The SMILES string of the molecule is CC(CNC(=O)Nc1cccc(OCC#N)c1)c1ccccc1. The zero-order valence-electron chi connectivity index (χ0n) is 13.0. The molecule has 2 rings (SSSR count). The lowest BCUT2D eigenvalue weighted by atomic mass is 10.0. The number of benzene rings is 2. The Morgan fingerprint density at radius 3 is 2.74 bits per heavy atom. The Balaban J connectivity index is 1.84. The summed E-state index contributed by atoms with van der Waals surface area (Å²) < 4.78 is 5.20. The average molecular weight is 309 g/mol. The first-order valence-corrected chi connectivity index (χ1v) is 7.38. The molecule has 1 unspecified atom stereocenters. The zero-order valence-corrected chi connectivity index (χ0v) is 13.0. The minimum atomic E-state index is -0.273. The quantitative estimate of drug-likeness (QED) is 0.857. The molecular weight excluding hydrogens is 290 g/mol. The van der Waals surface area contributed by atoms with Gasteiger partial charge in [-0.1, -0.05) is 43.3 Å². The molecular formula is C18H19N3O2. The summed E-state index contributed by atoms with van der Waals surface area (Å²) in [5.41, 5.74) is 1.80. The smallest absolute Gasteiger partial charge is 0.319 e. The molecule has 2 amide bonds. The molecule has 0 aromatic heterocycles. The van der Waals surface area contributed by atoms with Crippen LogP contribution in [0, 0.1) is 11.3 Å². The van der Waals surface area contributed by atoms with Gasteiger partial charge in [0.1, 0.15) is 11.8 Å². The Kier molecular flexibility index (Phi) is 6.01. The molecule has 0 fully saturated rings. The summed E-state index contributed by atoms with van der Waals surface area (Å²) in [4.78, 5) is 12.0. The third-order valence-corrected chi connectivity index (χ3v) is 3.33. The number of nitriles is 1. The molecule has 0 heterocycles. The van der Waals surface area contributed by atoms with Crippen LogP contribution in [0.3, 0.4) is 0 Å². The van der Waals surface area contributed by atoms with Gasteiger partial charge in [0.15, 0.2) is 6.61 Å². The van der Waals surface area contributed by atoms with Crippen LogP contribution in [0.25, 0.3) is 0 Å². The van der Waals surface area contributed by atoms with Crippen molar-refractivity contribution in [2.24, 2.45) is 0 Å². The largest absolute Gasteiger partial charge is 0.479 e. The molecule has 0 saturated heterocycles. The van der Waals surface area contributed by atoms with E-state index in [1.807, 2.05) is 36.4 Å². The van der Waals surface area contributed by atoms with Crippen LogP contribution < -0.4 is 15.4 Å². The predicted octanol–water partition coefficient (Wildman–Crippen LogP) is 3.51. The Morgan fingerprint density at radius 2 is 2.00 bits per heavy atom. The van der Waals surface area contributed by atoms with E-state index >= 15 is 0 Å². The molecule has 2 aromatic rings. The number of hydrogen-bond donors (Lipinski definition) is 2. The van der Waals surface area contributed by atoms with Crippen molar-refractivity contribution in [3.05, 3.63) is 60.2 Å². The minimum Gasteiger partial charge on any atom is -0.479 e. The van der Waals surface area contributed by atoms with Crippen LogP contribution in [0.15, 0.2) is 54.6 Å². The summed E-state index contributed by atoms with van der Waals surface area (Å²) in [5, 5.41) is 14.1. The van der Waals surface area contributed by atoms with Gasteiger partial charge in [0.25, 0.3) is 0 Å². The Hall–Kier alpha value is -3.00. The first kappa shape index (κ1) is 16.4. The number of ether oxygens (including phenoxy) is 1. The molecule has 1 atom stereocenters. The molecule has 0 aliphatic rings. The van der Waals surface area contributed by atoms with E-state index in [0.29, 0.717) is 18.0 Å². The van der Waals surface area contributed by atoms with Crippen molar-refractivity contribution in [1.29, 1.82) is 5.26 Å². The van der Waals surface area contributed by atoms with Gasteiger partial charge < -0.3 is 15.4 Å². The van der Waals surface area contributed by atoms with Crippen molar-refractivity contribution in [3.63, 3.8) is 0 Å².